The molecule has 4 nitrogen and oxygen atoms in total. The maximum absolute atomic E-state index is 12.4. The summed E-state index contributed by atoms with van der Waals surface area (Å²) in [7, 11) is 1.48. The molecule has 0 heterocycles. The summed E-state index contributed by atoms with van der Waals surface area (Å²) < 4.78 is 5.20. The number of nitrogens with one attached hydrogen (secondary N) is 1. The third kappa shape index (κ3) is 3.52. The van der Waals surface area contributed by atoms with Gasteiger partial charge >= 0.3 is 0 Å². The standard InChI is InChI=1S/C17H19ClN2O2/c1-10(2)11-5-4-6-12(7-11)20-17(21)13-8-14(18)15(19)9-16(13)22-3/h4-10H,19H2,1-3H3,(H,20,21). The molecular weight excluding hydrogens is 300 g/mol. The quantitative estimate of drug-likeness (QED) is 0.826. The van der Waals surface area contributed by atoms with E-state index in [0.29, 0.717) is 27.9 Å². The second-order valence-corrected chi connectivity index (χ2v) is 5.72. The Morgan fingerprint density at radius 3 is 2.64 bits per heavy atom. The Labute approximate surface area is 135 Å². The molecule has 2 aromatic rings. The third-order valence-electron chi connectivity index (χ3n) is 3.37. The van der Waals surface area contributed by atoms with E-state index in [1.807, 2.05) is 24.3 Å². The van der Waals surface area contributed by atoms with E-state index in [1.54, 1.807) is 6.07 Å². The van der Waals surface area contributed by atoms with Crippen LogP contribution < -0.4 is 15.8 Å². The van der Waals surface area contributed by atoms with Crippen molar-refractivity contribution in [1.29, 1.82) is 0 Å². The van der Waals surface area contributed by atoms with E-state index >= 15 is 0 Å². The van der Waals surface area contributed by atoms with Crippen LogP contribution >= 0.6 is 11.6 Å². The van der Waals surface area contributed by atoms with Crippen LogP contribution in [-0.4, -0.2) is 13.0 Å². The number of rotatable bonds is 4. The van der Waals surface area contributed by atoms with Crippen molar-refractivity contribution in [2.24, 2.45) is 0 Å². The maximum atomic E-state index is 12.4. The molecule has 22 heavy (non-hydrogen) atoms. The fraction of sp³-hybridized carbons (Fsp3) is 0.235. The van der Waals surface area contributed by atoms with Gasteiger partial charge in [-0.1, -0.05) is 37.6 Å². The van der Waals surface area contributed by atoms with Gasteiger partial charge < -0.3 is 15.8 Å². The van der Waals surface area contributed by atoms with Crippen LogP contribution in [0.4, 0.5) is 11.4 Å². The first-order valence-electron chi connectivity index (χ1n) is 6.96. The normalized spacial score (nSPS) is 10.6. The monoisotopic (exact) mass is 318 g/mol. The lowest BCUT2D eigenvalue weighted by Gasteiger charge is -2.12. The van der Waals surface area contributed by atoms with Gasteiger partial charge in [-0.2, -0.15) is 0 Å². The predicted octanol–water partition coefficient (Wildman–Crippen LogP) is 4.31. The number of nitrogens with two attached hydrogens (primary N) is 1. The van der Waals surface area contributed by atoms with Gasteiger partial charge in [0.05, 0.1) is 23.4 Å². The SMILES string of the molecule is COc1cc(N)c(Cl)cc1C(=O)Nc1cccc(C(C)C)c1. The summed E-state index contributed by atoms with van der Waals surface area (Å²) in [5.74, 6) is 0.483. The van der Waals surface area contributed by atoms with E-state index in [0.717, 1.165) is 11.3 Å². The summed E-state index contributed by atoms with van der Waals surface area (Å²) in [6, 6.07) is 10.8. The minimum Gasteiger partial charge on any atom is -0.496 e. The number of halogens is 1. The Hall–Kier alpha value is -2.20. The van der Waals surface area contributed by atoms with E-state index in [2.05, 4.69) is 19.2 Å². The number of hydrogen-bond donors (Lipinski definition) is 2. The number of methoxy groups -OCH3 is 1. The first-order valence-corrected chi connectivity index (χ1v) is 7.34. The van der Waals surface area contributed by atoms with E-state index in [-0.39, 0.29) is 5.91 Å². The van der Waals surface area contributed by atoms with Crippen molar-refractivity contribution in [3.63, 3.8) is 0 Å². The summed E-state index contributed by atoms with van der Waals surface area (Å²) >= 11 is 6.00. The molecule has 0 spiro atoms. The summed E-state index contributed by atoms with van der Waals surface area (Å²) in [4.78, 5) is 12.4. The number of nitrogen functional groups attached to an aromatic ring is 1. The van der Waals surface area contributed by atoms with Gasteiger partial charge in [0.25, 0.3) is 5.91 Å². The number of carbonyl (C=O) groups is 1. The number of benzene rings is 2. The van der Waals surface area contributed by atoms with Crippen LogP contribution in [0.2, 0.25) is 5.02 Å². The van der Waals surface area contributed by atoms with Crippen molar-refractivity contribution in [3.8, 4) is 5.75 Å². The van der Waals surface area contributed by atoms with Crippen LogP contribution in [0.25, 0.3) is 0 Å². The maximum Gasteiger partial charge on any atom is 0.259 e. The Morgan fingerprint density at radius 2 is 2.00 bits per heavy atom. The zero-order valence-electron chi connectivity index (χ0n) is 12.8. The van der Waals surface area contributed by atoms with Crippen LogP contribution in [0, 0.1) is 0 Å². The van der Waals surface area contributed by atoms with E-state index in [9.17, 15) is 4.79 Å². The van der Waals surface area contributed by atoms with Gasteiger partial charge in [-0.3, -0.25) is 4.79 Å². The van der Waals surface area contributed by atoms with Crippen molar-refractivity contribution in [1.82, 2.24) is 0 Å². The Bertz CT molecular complexity index is 699. The molecule has 0 saturated carbocycles. The van der Waals surface area contributed by atoms with Gasteiger partial charge in [0, 0.05) is 11.8 Å². The van der Waals surface area contributed by atoms with Crippen molar-refractivity contribution < 1.29 is 9.53 Å². The fourth-order valence-corrected chi connectivity index (χ4v) is 2.25. The summed E-state index contributed by atoms with van der Waals surface area (Å²) in [6.07, 6.45) is 0. The minimum atomic E-state index is -0.292. The van der Waals surface area contributed by atoms with Gasteiger partial charge in [-0.15, -0.1) is 0 Å². The fourth-order valence-electron chi connectivity index (χ4n) is 2.09. The number of ether oxygens (including phenoxy) is 1. The molecule has 0 radical (unpaired) electrons. The Kier molecular flexibility index (Phi) is 4.93. The average molecular weight is 319 g/mol. The Balaban J connectivity index is 2.29. The molecule has 0 saturated heterocycles. The van der Waals surface area contributed by atoms with Gasteiger partial charge in [0.2, 0.25) is 0 Å². The van der Waals surface area contributed by atoms with Gasteiger partial charge in [0.1, 0.15) is 5.75 Å². The molecule has 3 N–H and O–H groups in total. The molecule has 0 aliphatic rings. The first-order chi connectivity index (χ1) is 10.4. The lowest BCUT2D eigenvalue weighted by Crippen LogP contribution is -2.14. The number of anilines is 2. The molecule has 0 aliphatic heterocycles. The highest BCUT2D eigenvalue weighted by Crippen LogP contribution is 2.29. The summed E-state index contributed by atoms with van der Waals surface area (Å²) in [5, 5.41) is 3.18. The zero-order chi connectivity index (χ0) is 16.3. The number of hydrogen-bond acceptors (Lipinski definition) is 3. The van der Waals surface area contributed by atoms with Crippen molar-refractivity contribution >= 4 is 28.9 Å². The molecule has 0 aromatic heterocycles. The molecule has 0 atom stereocenters. The predicted molar refractivity (Wildman–Crippen MR) is 90.9 cm³/mol. The van der Waals surface area contributed by atoms with E-state index in [4.69, 9.17) is 22.1 Å². The smallest absolute Gasteiger partial charge is 0.259 e. The minimum absolute atomic E-state index is 0.292. The van der Waals surface area contributed by atoms with Crippen molar-refractivity contribution in [2.75, 3.05) is 18.2 Å². The number of amides is 1. The highest BCUT2D eigenvalue weighted by atomic mass is 35.5. The van der Waals surface area contributed by atoms with Gasteiger partial charge in [0.15, 0.2) is 0 Å². The third-order valence-corrected chi connectivity index (χ3v) is 3.70. The highest BCUT2D eigenvalue weighted by Gasteiger charge is 2.15. The largest absolute Gasteiger partial charge is 0.496 e. The summed E-state index contributed by atoms with van der Waals surface area (Å²) in [6.45, 7) is 4.20. The van der Waals surface area contributed by atoms with Crippen LogP contribution in [0.5, 0.6) is 5.75 Å². The second-order valence-electron chi connectivity index (χ2n) is 5.31. The highest BCUT2D eigenvalue weighted by molar-refractivity contribution is 6.33. The molecule has 0 fully saturated rings. The Morgan fingerprint density at radius 1 is 1.27 bits per heavy atom. The van der Waals surface area contributed by atoms with Crippen LogP contribution in [-0.2, 0) is 0 Å². The molecular formula is C17H19ClN2O2. The van der Waals surface area contributed by atoms with Crippen LogP contribution in [0.3, 0.4) is 0 Å². The van der Waals surface area contributed by atoms with Gasteiger partial charge in [-0.05, 0) is 29.7 Å². The molecule has 2 aromatic carbocycles. The lowest BCUT2D eigenvalue weighted by molar-refractivity contribution is 0.102. The van der Waals surface area contributed by atoms with Crippen LogP contribution in [0.15, 0.2) is 36.4 Å². The molecule has 116 valence electrons. The molecule has 0 bridgehead atoms. The van der Waals surface area contributed by atoms with E-state index < -0.39 is 0 Å². The van der Waals surface area contributed by atoms with Crippen molar-refractivity contribution in [3.05, 3.63) is 52.5 Å². The summed E-state index contributed by atoms with van der Waals surface area (Å²) in [5.41, 5.74) is 8.32. The second kappa shape index (κ2) is 6.71. The van der Waals surface area contributed by atoms with E-state index in [1.165, 1.54) is 13.2 Å². The zero-order valence-corrected chi connectivity index (χ0v) is 13.6. The molecule has 0 unspecified atom stereocenters. The molecule has 0 aliphatic carbocycles. The lowest BCUT2D eigenvalue weighted by atomic mass is 10.0. The molecule has 5 heteroatoms. The average Bonchev–Trinajstić information content (AvgIpc) is 2.49. The number of carbonyl (C=O) groups excluding carboxylic acids is 1. The first kappa shape index (κ1) is 16.2. The molecule has 1 amide bonds. The van der Waals surface area contributed by atoms with Crippen molar-refractivity contribution in [2.45, 2.75) is 19.8 Å². The molecule has 2 rings (SSSR count). The topological polar surface area (TPSA) is 64.3 Å². The van der Waals surface area contributed by atoms with Crippen LogP contribution in [0.1, 0.15) is 35.7 Å². The van der Waals surface area contributed by atoms with Gasteiger partial charge in [-0.25, -0.2) is 0 Å².